The lowest BCUT2D eigenvalue weighted by Gasteiger charge is -2.09. The molecule has 0 saturated heterocycles. The van der Waals surface area contributed by atoms with Crippen molar-refractivity contribution >= 4 is 33.2 Å². The van der Waals surface area contributed by atoms with Crippen LogP contribution in [-0.2, 0) is 6.54 Å². The highest BCUT2D eigenvalue weighted by Gasteiger charge is 2.09. The summed E-state index contributed by atoms with van der Waals surface area (Å²) in [6.07, 6.45) is 0. The van der Waals surface area contributed by atoms with Crippen LogP contribution in [0.15, 0.2) is 40.9 Å². The zero-order chi connectivity index (χ0) is 13.1. The minimum atomic E-state index is -0.629. The molecule has 2 rings (SSSR count). The predicted molar refractivity (Wildman–Crippen MR) is 72.8 cm³/mol. The second-order valence-electron chi connectivity index (χ2n) is 3.72. The molecule has 0 aromatic heterocycles. The smallest absolute Gasteiger partial charge is 0.150 e. The van der Waals surface area contributed by atoms with Gasteiger partial charge in [0.15, 0.2) is 0 Å². The lowest BCUT2D eigenvalue weighted by Crippen LogP contribution is -2.03. The van der Waals surface area contributed by atoms with Crippen molar-refractivity contribution in [3.63, 3.8) is 0 Å². The molecule has 0 atom stereocenters. The zero-order valence-corrected chi connectivity index (χ0v) is 11.5. The molecule has 1 N–H and O–H groups in total. The minimum Gasteiger partial charge on any atom is -0.376 e. The normalized spacial score (nSPS) is 10.4. The van der Waals surface area contributed by atoms with E-state index in [1.807, 2.05) is 0 Å². The number of halogens is 4. The maximum atomic E-state index is 13.5. The van der Waals surface area contributed by atoms with Gasteiger partial charge in [-0.2, -0.15) is 0 Å². The first-order valence-electron chi connectivity index (χ1n) is 5.19. The molecule has 0 radical (unpaired) electrons. The Morgan fingerprint density at radius 3 is 2.17 bits per heavy atom. The van der Waals surface area contributed by atoms with Crippen molar-refractivity contribution < 1.29 is 8.78 Å². The van der Waals surface area contributed by atoms with Crippen LogP contribution in [-0.4, -0.2) is 0 Å². The maximum absolute atomic E-state index is 13.5. The van der Waals surface area contributed by atoms with Gasteiger partial charge in [0.05, 0.1) is 0 Å². The third-order valence-electron chi connectivity index (χ3n) is 2.39. The van der Waals surface area contributed by atoms with Crippen molar-refractivity contribution in [3.05, 3.63) is 63.1 Å². The summed E-state index contributed by atoms with van der Waals surface area (Å²) in [5.74, 6) is -1.26. The molecule has 0 unspecified atom stereocenters. The van der Waals surface area contributed by atoms with Gasteiger partial charge in [-0.05, 0) is 29.8 Å². The Morgan fingerprint density at radius 2 is 1.61 bits per heavy atom. The van der Waals surface area contributed by atoms with Crippen LogP contribution in [0.25, 0.3) is 0 Å². The molecular weight excluding hydrogens is 324 g/mol. The third-order valence-corrected chi connectivity index (χ3v) is 3.10. The number of rotatable bonds is 3. The summed E-state index contributed by atoms with van der Waals surface area (Å²) in [5, 5.41) is 3.36. The summed E-state index contributed by atoms with van der Waals surface area (Å²) in [7, 11) is 0. The molecular formula is C13H9BrClF2N. The second kappa shape index (κ2) is 5.67. The van der Waals surface area contributed by atoms with Crippen molar-refractivity contribution in [1.29, 1.82) is 0 Å². The van der Waals surface area contributed by atoms with Crippen LogP contribution in [0.3, 0.4) is 0 Å². The summed E-state index contributed by atoms with van der Waals surface area (Å²) in [5.41, 5.74) is 0.759. The molecule has 0 amide bonds. The van der Waals surface area contributed by atoms with E-state index in [-0.39, 0.29) is 5.69 Å². The first-order chi connectivity index (χ1) is 8.56. The highest BCUT2D eigenvalue weighted by molar-refractivity contribution is 9.10. The minimum absolute atomic E-state index is 0.131. The van der Waals surface area contributed by atoms with E-state index in [0.29, 0.717) is 16.0 Å². The molecule has 0 aliphatic carbocycles. The largest absolute Gasteiger partial charge is 0.376 e. The van der Waals surface area contributed by atoms with Crippen molar-refractivity contribution in [3.8, 4) is 0 Å². The Hall–Kier alpha value is -1.13. The van der Waals surface area contributed by atoms with E-state index < -0.39 is 11.6 Å². The second-order valence-corrected chi connectivity index (χ2v) is 5.08. The average Bonchev–Trinajstić information content (AvgIpc) is 2.30. The van der Waals surface area contributed by atoms with E-state index in [1.165, 1.54) is 12.1 Å². The fourth-order valence-corrected chi connectivity index (χ4v) is 2.03. The van der Waals surface area contributed by atoms with Gasteiger partial charge in [0.1, 0.15) is 17.3 Å². The van der Waals surface area contributed by atoms with Crippen LogP contribution >= 0.6 is 27.5 Å². The van der Waals surface area contributed by atoms with Gasteiger partial charge in [-0.15, -0.1) is 0 Å². The fraction of sp³-hybridized carbons (Fsp3) is 0.0769. The van der Waals surface area contributed by atoms with E-state index >= 15 is 0 Å². The average molecular weight is 333 g/mol. The van der Waals surface area contributed by atoms with E-state index in [1.54, 1.807) is 24.3 Å². The Morgan fingerprint density at radius 1 is 1.06 bits per heavy atom. The molecule has 0 aliphatic rings. The van der Waals surface area contributed by atoms with Crippen molar-refractivity contribution in [2.75, 3.05) is 5.32 Å². The van der Waals surface area contributed by atoms with E-state index in [0.717, 1.165) is 5.56 Å². The molecule has 18 heavy (non-hydrogen) atoms. The van der Waals surface area contributed by atoms with Crippen LogP contribution in [0.1, 0.15) is 5.56 Å². The van der Waals surface area contributed by atoms with Crippen molar-refractivity contribution in [1.82, 2.24) is 0 Å². The molecule has 0 fully saturated rings. The summed E-state index contributed by atoms with van der Waals surface area (Å²) >= 11 is 8.78. The summed E-state index contributed by atoms with van der Waals surface area (Å²) in [6.45, 7) is 0.326. The van der Waals surface area contributed by atoms with E-state index in [9.17, 15) is 8.78 Å². The fourth-order valence-electron chi connectivity index (χ4n) is 1.50. The van der Waals surface area contributed by atoms with Gasteiger partial charge >= 0.3 is 0 Å². The van der Waals surface area contributed by atoms with Crippen LogP contribution < -0.4 is 5.32 Å². The van der Waals surface area contributed by atoms with Gasteiger partial charge in [0.25, 0.3) is 0 Å². The van der Waals surface area contributed by atoms with Crippen molar-refractivity contribution in [2.24, 2.45) is 0 Å². The lowest BCUT2D eigenvalue weighted by molar-refractivity contribution is 0.586. The number of hydrogen-bond donors (Lipinski definition) is 1. The predicted octanol–water partition coefficient (Wildman–Crippen LogP) is 4.99. The first-order valence-corrected chi connectivity index (χ1v) is 6.36. The molecule has 0 bridgehead atoms. The number of hydrogen-bond acceptors (Lipinski definition) is 1. The molecule has 0 spiro atoms. The van der Waals surface area contributed by atoms with E-state index in [2.05, 4.69) is 21.2 Å². The Kier molecular flexibility index (Phi) is 4.19. The van der Waals surface area contributed by atoms with Crippen molar-refractivity contribution in [2.45, 2.75) is 6.54 Å². The summed E-state index contributed by atoms with van der Waals surface area (Å²) < 4.78 is 27.4. The molecule has 94 valence electrons. The van der Waals surface area contributed by atoms with Gasteiger partial charge in [0.2, 0.25) is 0 Å². The highest BCUT2D eigenvalue weighted by Crippen LogP contribution is 2.24. The molecule has 2 aromatic rings. The maximum Gasteiger partial charge on any atom is 0.150 e. The van der Waals surface area contributed by atoms with Crippen LogP contribution in [0.5, 0.6) is 0 Å². The summed E-state index contributed by atoms with van der Waals surface area (Å²) in [6, 6.07) is 9.48. The van der Waals surface area contributed by atoms with E-state index in [4.69, 9.17) is 11.6 Å². The molecule has 0 aliphatic heterocycles. The number of anilines is 1. The molecule has 1 nitrogen and oxygen atoms in total. The highest BCUT2D eigenvalue weighted by atomic mass is 79.9. The van der Waals surface area contributed by atoms with Gasteiger partial charge < -0.3 is 5.32 Å². The summed E-state index contributed by atoms with van der Waals surface area (Å²) in [4.78, 5) is 0. The molecule has 5 heteroatoms. The Labute approximate surface area is 117 Å². The Bertz CT molecular complexity index is 534. The molecule has 0 saturated carbocycles. The monoisotopic (exact) mass is 331 g/mol. The third kappa shape index (κ3) is 3.21. The zero-order valence-electron chi connectivity index (χ0n) is 9.18. The van der Waals surface area contributed by atoms with Gasteiger partial charge in [-0.3, -0.25) is 0 Å². The topological polar surface area (TPSA) is 12.0 Å². The first kappa shape index (κ1) is 13.3. The molecule has 2 aromatic carbocycles. The van der Waals surface area contributed by atoms with Crippen LogP contribution in [0, 0.1) is 11.6 Å². The lowest BCUT2D eigenvalue weighted by atomic mass is 10.2. The Balaban J connectivity index is 2.13. The van der Waals surface area contributed by atoms with Crippen LogP contribution in [0.2, 0.25) is 5.02 Å². The number of benzene rings is 2. The van der Waals surface area contributed by atoms with Gasteiger partial charge in [-0.25, -0.2) is 8.78 Å². The van der Waals surface area contributed by atoms with Gasteiger partial charge in [-0.1, -0.05) is 39.7 Å². The molecule has 0 heterocycles. The van der Waals surface area contributed by atoms with Gasteiger partial charge in [0, 0.05) is 16.0 Å². The van der Waals surface area contributed by atoms with Crippen LogP contribution in [0.4, 0.5) is 14.5 Å². The standard InChI is InChI=1S/C13H9BrClF2N/c14-9-5-11(16)13(12(17)6-9)18-7-8-1-3-10(15)4-2-8/h1-6,18H,7H2. The SMILES string of the molecule is Fc1cc(Br)cc(F)c1NCc1ccc(Cl)cc1. The quantitative estimate of drug-likeness (QED) is 0.834. The number of nitrogens with one attached hydrogen (secondary N) is 1.